The number of nitrogens with one attached hydrogen (secondary N) is 1. The monoisotopic (exact) mass is 375 g/mol. The van der Waals surface area contributed by atoms with Crippen molar-refractivity contribution in [3.05, 3.63) is 65.6 Å². The van der Waals surface area contributed by atoms with Gasteiger partial charge in [0.15, 0.2) is 0 Å². The Labute approximate surface area is 164 Å². The highest BCUT2D eigenvalue weighted by Crippen LogP contribution is 2.32. The van der Waals surface area contributed by atoms with E-state index in [-0.39, 0.29) is 12.5 Å². The summed E-state index contributed by atoms with van der Waals surface area (Å²) >= 11 is 0. The van der Waals surface area contributed by atoms with Gasteiger partial charge in [0.25, 0.3) is 0 Å². The average molecular weight is 375 g/mol. The molecular formula is C22H25N5O. The Hall–Kier alpha value is -3.15. The smallest absolute Gasteiger partial charge is 0.247 e. The second-order valence-electron chi connectivity index (χ2n) is 7.32. The summed E-state index contributed by atoms with van der Waals surface area (Å²) in [6.45, 7) is 2.16. The number of carbonyl (C=O) groups excluding carboxylic acids is 1. The Kier molecular flexibility index (Phi) is 5.37. The van der Waals surface area contributed by atoms with Crippen LogP contribution in [-0.4, -0.2) is 25.5 Å². The van der Waals surface area contributed by atoms with Crippen LogP contribution in [0.25, 0.3) is 12.2 Å². The molecule has 3 aromatic rings. The quantitative estimate of drug-likeness (QED) is 0.698. The van der Waals surface area contributed by atoms with Crippen molar-refractivity contribution in [3.8, 4) is 0 Å². The van der Waals surface area contributed by atoms with Crippen molar-refractivity contribution in [2.45, 2.75) is 45.2 Å². The number of hydrogen-bond donors (Lipinski definition) is 1. The summed E-state index contributed by atoms with van der Waals surface area (Å²) in [4.78, 5) is 12.6. The summed E-state index contributed by atoms with van der Waals surface area (Å²) in [5.41, 5.74) is 3.08. The van der Waals surface area contributed by atoms with Crippen LogP contribution in [0, 0.1) is 6.92 Å². The fraction of sp³-hybridized carbons (Fsp3) is 0.318. The second kappa shape index (κ2) is 8.25. The first kappa shape index (κ1) is 18.2. The average Bonchev–Trinajstić information content (AvgIpc) is 3.44. The number of hydrogen-bond acceptors (Lipinski definition) is 3. The summed E-state index contributed by atoms with van der Waals surface area (Å²) in [6, 6.07) is 10.5. The van der Waals surface area contributed by atoms with Crippen molar-refractivity contribution >= 4 is 23.9 Å². The van der Waals surface area contributed by atoms with Gasteiger partial charge in [-0.2, -0.15) is 10.2 Å². The summed E-state index contributed by atoms with van der Waals surface area (Å²) in [5.74, 6) is 0.720. The molecule has 0 atom stereocenters. The van der Waals surface area contributed by atoms with Crippen LogP contribution >= 0.6 is 0 Å². The first-order valence-electron chi connectivity index (χ1n) is 9.78. The van der Waals surface area contributed by atoms with Crippen LogP contribution in [0.5, 0.6) is 0 Å². The topological polar surface area (TPSA) is 64.7 Å². The third-order valence-corrected chi connectivity index (χ3v) is 5.13. The molecule has 144 valence electrons. The van der Waals surface area contributed by atoms with Crippen molar-refractivity contribution in [2.24, 2.45) is 0 Å². The molecule has 4 rings (SSSR count). The summed E-state index contributed by atoms with van der Waals surface area (Å²) in [7, 11) is 0. The largest absolute Gasteiger partial charge is 0.309 e. The van der Waals surface area contributed by atoms with Crippen LogP contribution in [-0.2, 0) is 11.3 Å². The molecule has 1 aromatic carbocycles. The Morgan fingerprint density at radius 1 is 1.11 bits per heavy atom. The fourth-order valence-electron chi connectivity index (χ4n) is 3.66. The Balaban J connectivity index is 1.39. The molecule has 1 N–H and O–H groups in total. The predicted molar refractivity (Wildman–Crippen MR) is 111 cm³/mol. The van der Waals surface area contributed by atoms with E-state index in [0.29, 0.717) is 6.04 Å². The van der Waals surface area contributed by atoms with E-state index < -0.39 is 0 Å². The number of amides is 1. The number of aryl methyl sites for hydroxylation is 1. The van der Waals surface area contributed by atoms with Crippen LogP contribution in [0.2, 0.25) is 0 Å². The zero-order chi connectivity index (χ0) is 19.3. The van der Waals surface area contributed by atoms with E-state index in [2.05, 4.69) is 15.5 Å². The molecule has 0 aliphatic heterocycles. The molecule has 2 aromatic heterocycles. The first-order chi connectivity index (χ1) is 13.7. The Bertz CT molecular complexity index is 964. The molecule has 6 heteroatoms. The lowest BCUT2D eigenvalue weighted by atomic mass is 10.2. The van der Waals surface area contributed by atoms with E-state index >= 15 is 0 Å². The van der Waals surface area contributed by atoms with Gasteiger partial charge in [-0.05, 0) is 25.3 Å². The maximum atomic E-state index is 12.6. The lowest BCUT2D eigenvalue weighted by molar-refractivity contribution is -0.117. The van der Waals surface area contributed by atoms with Crippen LogP contribution in [0.4, 0.5) is 5.82 Å². The zero-order valence-electron chi connectivity index (χ0n) is 16.1. The summed E-state index contributed by atoms with van der Waals surface area (Å²) in [6.07, 6.45) is 14.2. The van der Waals surface area contributed by atoms with E-state index in [1.165, 1.54) is 12.8 Å². The van der Waals surface area contributed by atoms with Crippen molar-refractivity contribution in [3.63, 3.8) is 0 Å². The lowest BCUT2D eigenvalue weighted by Crippen LogP contribution is -2.22. The van der Waals surface area contributed by atoms with Crippen molar-refractivity contribution < 1.29 is 4.79 Å². The molecule has 0 bridgehead atoms. The van der Waals surface area contributed by atoms with Crippen LogP contribution in [0.15, 0.2) is 48.9 Å². The molecule has 1 saturated carbocycles. The van der Waals surface area contributed by atoms with Gasteiger partial charge in [-0.15, -0.1) is 0 Å². The summed E-state index contributed by atoms with van der Waals surface area (Å²) in [5, 5.41) is 11.8. The van der Waals surface area contributed by atoms with E-state index in [9.17, 15) is 4.79 Å². The van der Waals surface area contributed by atoms with Crippen LogP contribution < -0.4 is 5.32 Å². The number of carbonyl (C=O) groups is 1. The Morgan fingerprint density at radius 2 is 1.86 bits per heavy atom. The number of rotatable bonds is 6. The van der Waals surface area contributed by atoms with Crippen LogP contribution in [0.3, 0.4) is 0 Å². The molecule has 0 radical (unpaired) electrons. The maximum Gasteiger partial charge on any atom is 0.247 e. The minimum atomic E-state index is -0.0930. The van der Waals surface area contributed by atoms with Gasteiger partial charge in [0, 0.05) is 17.3 Å². The standard InChI is InChI=1S/C22H25N5O/c1-17-13-24-27(20-9-5-6-10-20)22(17)25-21(28)16-26-15-19(14-23-26)12-11-18-7-3-2-4-8-18/h2-4,7-8,11-15,20H,5-6,9-10,16H2,1H3,(H,25,28)/b12-11+. The van der Waals surface area contributed by atoms with E-state index in [4.69, 9.17) is 0 Å². The molecule has 0 saturated heterocycles. The van der Waals surface area contributed by atoms with E-state index in [0.717, 1.165) is 35.3 Å². The number of nitrogens with zero attached hydrogens (tertiary/aromatic N) is 4. The minimum absolute atomic E-state index is 0.0930. The highest BCUT2D eigenvalue weighted by molar-refractivity contribution is 5.90. The number of benzene rings is 1. The molecule has 1 fully saturated rings. The van der Waals surface area contributed by atoms with Gasteiger partial charge < -0.3 is 5.32 Å². The third kappa shape index (κ3) is 4.22. The Morgan fingerprint density at radius 3 is 2.64 bits per heavy atom. The fourth-order valence-corrected chi connectivity index (χ4v) is 3.66. The minimum Gasteiger partial charge on any atom is -0.309 e. The lowest BCUT2D eigenvalue weighted by Gasteiger charge is -2.15. The molecule has 1 amide bonds. The number of anilines is 1. The number of aromatic nitrogens is 4. The molecule has 1 aliphatic rings. The van der Waals surface area contributed by atoms with E-state index in [1.54, 1.807) is 10.9 Å². The SMILES string of the molecule is Cc1cnn(C2CCCC2)c1NC(=O)Cn1cc(/C=C/c2ccccc2)cn1. The van der Waals surface area contributed by atoms with Gasteiger partial charge in [-0.3, -0.25) is 9.48 Å². The predicted octanol–water partition coefficient (Wildman–Crippen LogP) is 4.31. The zero-order valence-corrected chi connectivity index (χ0v) is 16.1. The van der Waals surface area contributed by atoms with Gasteiger partial charge in [-0.1, -0.05) is 55.3 Å². The van der Waals surface area contributed by atoms with Gasteiger partial charge in [0.1, 0.15) is 12.4 Å². The van der Waals surface area contributed by atoms with Gasteiger partial charge in [0.2, 0.25) is 5.91 Å². The molecule has 6 nitrogen and oxygen atoms in total. The van der Waals surface area contributed by atoms with E-state index in [1.807, 2.05) is 66.5 Å². The molecule has 28 heavy (non-hydrogen) atoms. The molecule has 2 heterocycles. The van der Waals surface area contributed by atoms with Crippen molar-refractivity contribution in [2.75, 3.05) is 5.32 Å². The third-order valence-electron chi connectivity index (χ3n) is 5.13. The molecule has 0 spiro atoms. The van der Waals surface area contributed by atoms with Crippen molar-refractivity contribution in [1.29, 1.82) is 0 Å². The molecular weight excluding hydrogens is 350 g/mol. The van der Waals surface area contributed by atoms with Crippen LogP contribution in [0.1, 0.15) is 48.4 Å². The maximum absolute atomic E-state index is 12.6. The van der Waals surface area contributed by atoms with Crippen molar-refractivity contribution in [1.82, 2.24) is 19.6 Å². The van der Waals surface area contributed by atoms with Gasteiger partial charge in [-0.25, -0.2) is 4.68 Å². The highest BCUT2D eigenvalue weighted by atomic mass is 16.2. The highest BCUT2D eigenvalue weighted by Gasteiger charge is 2.22. The molecule has 0 unspecified atom stereocenters. The summed E-state index contributed by atoms with van der Waals surface area (Å²) < 4.78 is 3.64. The molecule has 1 aliphatic carbocycles. The van der Waals surface area contributed by atoms with Gasteiger partial charge in [0.05, 0.1) is 18.4 Å². The second-order valence-corrected chi connectivity index (χ2v) is 7.32. The van der Waals surface area contributed by atoms with Gasteiger partial charge >= 0.3 is 0 Å². The first-order valence-corrected chi connectivity index (χ1v) is 9.78. The normalized spacial score (nSPS) is 14.8.